The van der Waals surface area contributed by atoms with E-state index in [4.69, 9.17) is 11.6 Å². The van der Waals surface area contributed by atoms with E-state index in [0.717, 1.165) is 23.8 Å². The Morgan fingerprint density at radius 1 is 1.28 bits per heavy atom. The number of halogens is 1. The zero-order valence-electron chi connectivity index (χ0n) is 10.3. The Morgan fingerprint density at radius 3 is 2.44 bits per heavy atom. The van der Waals surface area contributed by atoms with Gasteiger partial charge in [-0.15, -0.1) is 0 Å². The van der Waals surface area contributed by atoms with Gasteiger partial charge in [-0.3, -0.25) is 4.79 Å². The second-order valence-electron chi connectivity index (χ2n) is 4.44. The monoisotopic (exact) mass is 268 g/mol. The molecule has 0 radical (unpaired) electrons. The van der Waals surface area contributed by atoms with Crippen LogP contribution in [-0.2, 0) is 4.79 Å². The molecule has 98 valence electrons. The van der Waals surface area contributed by atoms with E-state index in [1.807, 2.05) is 24.3 Å². The van der Waals surface area contributed by atoms with E-state index >= 15 is 0 Å². The minimum atomic E-state index is -0.920. The van der Waals surface area contributed by atoms with Gasteiger partial charge in [-0.25, -0.2) is 0 Å². The van der Waals surface area contributed by atoms with Crippen molar-refractivity contribution < 1.29 is 9.90 Å². The van der Waals surface area contributed by atoms with Gasteiger partial charge in [-0.1, -0.05) is 23.7 Å². The molecule has 1 amide bonds. The van der Waals surface area contributed by atoms with Crippen LogP contribution in [-0.4, -0.2) is 48.2 Å². The molecule has 0 aromatic heterocycles. The normalized spacial score (nSPS) is 17.7. The molecular formula is C13H17ClN2O2. The second kappa shape index (κ2) is 5.59. The van der Waals surface area contributed by atoms with Gasteiger partial charge in [0.15, 0.2) is 0 Å². The van der Waals surface area contributed by atoms with Gasteiger partial charge in [0.1, 0.15) is 6.10 Å². The van der Waals surface area contributed by atoms with Gasteiger partial charge in [0, 0.05) is 26.2 Å². The zero-order chi connectivity index (χ0) is 13.1. The predicted octanol–water partition coefficient (Wildman–Crippen LogP) is 1.37. The highest BCUT2D eigenvalue weighted by molar-refractivity contribution is 6.33. The van der Waals surface area contributed by atoms with E-state index in [0.29, 0.717) is 13.1 Å². The third-order valence-corrected chi connectivity index (χ3v) is 3.46. The highest BCUT2D eigenvalue weighted by Crippen LogP contribution is 2.26. The third kappa shape index (κ3) is 2.76. The van der Waals surface area contributed by atoms with Crippen molar-refractivity contribution in [2.24, 2.45) is 0 Å². The first kappa shape index (κ1) is 13.2. The molecule has 1 saturated heterocycles. The minimum Gasteiger partial charge on any atom is -0.384 e. The van der Waals surface area contributed by atoms with Crippen molar-refractivity contribution in [2.75, 3.05) is 31.1 Å². The molecule has 1 aliphatic heterocycles. The Kier molecular flexibility index (Phi) is 4.09. The van der Waals surface area contributed by atoms with Gasteiger partial charge < -0.3 is 14.9 Å². The standard InChI is InChI=1S/C13H17ClN2O2/c1-10(17)13(18)16-8-6-15(7-9-16)12-5-3-2-4-11(12)14/h2-5,10,17H,6-9H2,1H3. The lowest BCUT2D eigenvalue weighted by Gasteiger charge is -2.36. The topological polar surface area (TPSA) is 43.8 Å². The summed E-state index contributed by atoms with van der Waals surface area (Å²) in [6.45, 7) is 4.22. The maximum absolute atomic E-state index is 11.6. The number of nitrogens with zero attached hydrogens (tertiary/aromatic N) is 2. The number of aliphatic hydroxyl groups excluding tert-OH is 1. The Morgan fingerprint density at radius 2 is 1.89 bits per heavy atom. The minimum absolute atomic E-state index is 0.200. The lowest BCUT2D eigenvalue weighted by Crippen LogP contribution is -2.51. The molecular weight excluding hydrogens is 252 g/mol. The summed E-state index contributed by atoms with van der Waals surface area (Å²) in [6, 6.07) is 7.70. The van der Waals surface area contributed by atoms with Crippen LogP contribution in [0, 0.1) is 0 Å². The number of aliphatic hydroxyl groups is 1. The summed E-state index contributed by atoms with van der Waals surface area (Å²) >= 11 is 6.14. The first-order chi connectivity index (χ1) is 8.59. The molecule has 1 heterocycles. The maximum atomic E-state index is 11.6. The molecule has 5 heteroatoms. The first-order valence-corrected chi connectivity index (χ1v) is 6.43. The molecule has 1 unspecified atom stereocenters. The fourth-order valence-corrected chi connectivity index (χ4v) is 2.40. The van der Waals surface area contributed by atoms with Crippen LogP contribution in [0.4, 0.5) is 5.69 Å². The van der Waals surface area contributed by atoms with E-state index in [2.05, 4.69) is 4.90 Å². The molecule has 0 aliphatic carbocycles. The first-order valence-electron chi connectivity index (χ1n) is 6.06. The smallest absolute Gasteiger partial charge is 0.251 e. The van der Waals surface area contributed by atoms with Crippen molar-refractivity contribution in [2.45, 2.75) is 13.0 Å². The summed E-state index contributed by atoms with van der Waals surface area (Å²) in [5.41, 5.74) is 1.00. The Bertz CT molecular complexity index is 429. The molecule has 1 aliphatic rings. The summed E-state index contributed by atoms with van der Waals surface area (Å²) < 4.78 is 0. The van der Waals surface area contributed by atoms with Gasteiger partial charge in [-0.2, -0.15) is 0 Å². The van der Waals surface area contributed by atoms with Crippen molar-refractivity contribution in [3.8, 4) is 0 Å². The van der Waals surface area contributed by atoms with Gasteiger partial charge in [-0.05, 0) is 19.1 Å². The van der Waals surface area contributed by atoms with Crippen molar-refractivity contribution >= 4 is 23.2 Å². The molecule has 4 nitrogen and oxygen atoms in total. The van der Waals surface area contributed by atoms with Crippen LogP contribution in [0.25, 0.3) is 0 Å². The Labute approximate surface area is 112 Å². The highest BCUT2D eigenvalue weighted by Gasteiger charge is 2.24. The molecule has 1 aromatic rings. The molecule has 0 bridgehead atoms. The number of carbonyl (C=O) groups excluding carboxylic acids is 1. The number of para-hydroxylation sites is 1. The van der Waals surface area contributed by atoms with Crippen LogP contribution in [0.2, 0.25) is 5.02 Å². The number of benzene rings is 1. The van der Waals surface area contributed by atoms with Gasteiger partial charge >= 0.3 is 0 Å². The molecule has 1 aromatic carbocycles. The van der Waals surface area contributed by atoms with Gasteiger partial charge in [0.25, 0.3) is 5.91 Å². The van der Waals surface area contributed by atoms with Crippen molar-refractivity contribution in [1.29, 1.82) is 0 Å². The van der Waals surface area contributed by atoms with E-state index in [9.17, 15) is 9.90 Å². The zero-order valence-corrected chi connectivity index (χ0v) is 11.1. The molecule has 0 saturated carbocycles. The largest absolute Gasteiger partial charge is 0.384 e. The van der Waals surface area contributed by atoms with Crippen LogP contribution in [0.3, 0.4) is 0 Å². The fraction of sp³-hybridized carbons (Fsp3) is 0.462. The van der Waals surface area contributed by atoms with E-state index < -0.39 is 6.10 Å². The van der Waals surface area contributed by atoms with Crippen LogP contribution >= 0.6 is 11.6 Å². The lowest BCUT2D eigenvalue weighted by molar-refractivity contribution is -0.139. The average molecular weight is 269 g/mol. The molecule has 1 atom stereocenters. The summed E-state index contributed by atoms with van der Waals surface area (Å²) in [6.07, 6.45) is -0.920. The molecule has 0 spiro atoms. The second-order valence-corrected chi connectivity index (χ2v) is 4.85. The third-order valence-electron chi connectivity index (χ3n) is 3.14. The SMILES string of the molecule is CC(O)C(=O)N1CCN(c2ccccc2Cl)CC1. The van der Waals surface area contributed by atoms with Crippen molar-refractivity contribution in [3.63, 3.8) is 0 Å². The maximum Gasteiger partial charge on any atom is 0.251 e. The van der Waals surface area contributed by atoms with E-state index in [1.165, 1.54) is 6.92 Å². The fourth-order valence-electron chi connectivity index (χ4n) is 2.14. The quantitative estimate of drug-likeness (QED) is 0.881. The number of hydrogen-bond acceptors (Lipinski definition) is 3. The average Bonchev–Trinajstić information content (AvgIpc) is 2.38. The number of hydrogen-bond donors (Lipinski definition) is 1. The summed E-state index contributed by atoms with van der Waals surface area (Å²) in [4.78, 5) is 15.5. The number of anilines is 1. The van der Waals surface area contributed by atoms with E-state index in [1.54, 1.807) is 4.90 Å². The molecule has 1 fully saturated rings. The number of piperazine rings is 1. The number of rotatable bonds is 2. The van der Waals surface area contributed by atoms with Gasteiger partial charge in [0.2, 0.25) is 0 Å². The number of amides is 1. The van der Waals surface area contributed by atoms with E-state index in [-0.39, 0.29) is 5.91 Å². The molecule has 18 heavy (non-hydrogen) atoms. The highest BCUT2D eigenvalue weighted by atomic mass is 35.5. The van der Waals surface area contributed by atoms with Crippen LogP contribution in [0.15, 0.2) is 24.3 Å². The molecule has 2 rings (SSSR count). The summed E-state index contributed by atoms with van der Waals surface area (Å²) in [5.74, 6) is -0.200. The Balaban J connectivity index is 1.99. The van der Waals surface area contributed by atoms with Crippen LogP contribution in [0.5, 0.6) is 0 Å². The molecule has 1 N–H and O–H groups in total. The summed E-state index contributed by atoms with van der Waals surface area (Å²) in [5, 5.41) is 10.0. The summed E-state index contributed by atoms with van der Waals surface area (Å²) in [7, 11) is 0. The van der Waals surface area contributed by atoms with Crippen LogP contribution < -0.4 is 4.90 Å². The van der Waals surface area contributed by atoms with Crippen molar-refractivity contribution in [1.82, 2.24) is 4.90 Å². The number of carbonyl (C=O) groups is 1. The predicted molar refractivity (Wildman–Crippen MR) is 71.9 cm³/mol. The lowest BCUT2D eigenvalue weighted by atomic mass is 10.2. The Hall–Kier alpha value is -1.26. The van der Waals surface area contributed by atoms with Gasteiger partial charge in [0.05, 0.1) is 10.7 Å². The van der Waals surface area contributed by atoms with Crippen molar-refractivity contribution in [3.05, 3.63) is 29.3 Å². The van der Waals surface area contributed by atoms with Crippen LogP contribution in [0.1, 0.15) is 6.92 Å².